The number of rotatable bonds is 5. The fourth-order valence-corrected chi connectivity index (χ4v) is 4.69. The highest BCUT2D eigenvalue weighted by Gasteiger charge is 2.47. The van der Waals surface area contributed by atoms with Crippen LogP contribution in [0.5, 0.6) is 0 Å². The average Bonchev–Trinajstić information content (AvgIpc) is 3.46. The van der Waals surface area contributed by atoms with Crippen LogP contribution in [0.4, 0.5) is 18.9 Å². The number of ether oxygens (including phenoxy) is 3. The molecule has 2 aromatic carbocycles. The fourth-order valence-electron chi connectivity index (χ4n) is 4.69. The van der Waals surface area contributed by atoms with E-state index < -0.39 is 46.3 Å². The molecule has 5 rings (SSSR count). The molecule has 2 atom stereocenters. The summed E-state index contributed by atoms with van der Waals surface area (Å²) < 4.78 is 61.5. The summed E-state index contributed by atoms with van der Waals surface area (Å²) in [5.41, 5.74) is -1.12. The summed E-state index contributed by atoms with van der Waals surface area (Å²) in [4.78, 5) is 27.2. The third-order valence-corrected chi connectivity index (χ3v) is 6.39. The molecule has 2 aliphatic rings. The van der Waals surface area contributed by atoms with Gasteiger partial charge in [0.05, 0.1) is 43.3 Å². The molecule has 0 radical (unpaired) electrons. The molecular formula is C25H23F3N2O6. The van der Waals surface area contributed by atoms with E-state index in [4.69, 9.17) is 14.2 Å². The number of nitrogens with zero attached hydrogens (tertiary/aromatic N) is 2. The van der Waals surface area contributed by atoms with E-state index >= 15 is 4.39 Å². The molecule has 36 heavy (non-hydrogen) atoms. The van der Waals surface area contributed by atoms with Crippen molar-refractivity contribution in [2.45, 2.75) is 25.2 Å². The van der Waals surface area contributed by atoms with Crippen molar-refractivity contribution < 1.29 is 37.3 Å². The van der Waals surface area contributed by atoms with Gasteiger partial charge in [-0.2, -0.15) is 0 Å². The Bertz CT molecular complexity index is 1410. The van der Waals surface area contributed by atoms with Crippen LogP contribution in [0.25, 0.3) is 16.6 Å². The van der Waals surface area contributed by atoms with E-state index in [1.807, 2.05) is 0 Å². The van der Waals surface area contributed by atoms with Crippen LogP contribution in [0.3, 0.4) is 0 Å². The second kappa shape index (κ2) is 9.23. The first-order chi connectivity index (χ1) is 17.2. The molecule has 2 fully saturated rings. The third-order valence-electron chi connectivity index (χ3n) is 6.39. The summed E-state index contributed by atoms with van der Waals surface area (Å²) in [6, 6.07) is 5.23. The molecular weight excluding hydrogens is 481 g/mol. The number of halogens is 3. The van der Waals surface area contributed by atoms with E-state index in [2.05, 4.69) is 0 Å². The lowest BCUT2D eigenvalue weighted by Gasteiger charge is -2.25. The van der Waals surface area contributed by atoms with E-state index in [0.29, 0.717) is 19.0 Å². The zero-order valence-corrected chi connectivity index (χ0v) is 19.3. The van der Waals surface area contributed by atoms with Crippen LogP contribution in [0.1, 0.15) is 23.7 Å². The lowest BCUT2D eigenvalue weighted by Crippen LogP contribution is -2.35. The Morgan fingerprint density at radius 2 is 1.97 bits per heavy atom. The number of aromatic nitrogens is 1. The van der Waals surface area contributed by atoms with Crippen LogP contribution < -0.4 is 10.3 Å². The number of carbonyl (C=O) groups is 1. The van der Waals surface area contributed by atoms with Crippen LogP contribution in [-0.2, 0) is 14.2 Å². The number of hydrogen-bond acceptors (Lipinski definition) is 7. The number of fused-ring (bicyclic) bond motifs is 1. The number of anilines is 1. The zero-order chi connectivity index (χ0) is 25.6. The topological polar surface area (TPSA) is 90.2 Å². The molecule has 190 valence electrons. The highest BCUT2D eigenvalue weighted by Crippen LogP contribution is 2.37. The Morgan fingerprint density at radius 3 is 2.67 bits per heavy atom. The average molecular weight is 504 g/mol. The first kappa shape index (κ1) is 24.3. The molecule has 3 heterocycles. The highest BCUT2D eigenvalue weighted by atomic mass is 19.1. The molecule has 2 unspecified atom stereocenters. The Hall–Kier alpha value is -3.41. The molecule has 2 saturated heterocycles. The SMILES string of the molecule is CCOC(=O)c1cn(-c2ccc(F)cc2F)c2cc(N3CCC4(C3)OCC(CO)O4)c(F)cc2c1=O. The lowest BCUT2D eigenvalue weighted by molar-refractivity contribution is -0.153. The summed E-state index contributed by atoms with van der Waals surface area (Å²) >= 11 is 0. The van der Waals surface area contributed by atoms with Crippen molar-refractivity contribution in [2.75, 3.05) is 37.8 Å². The van der Waals surface area contributed by atoms with Gasteiger partial charge in [0.1, 0.15) is 29.1 Å². The minimum Gasteiger partial charge on any atom is -0.462 e. The molecule has 0 bridgehead atoms. The molecule has 8 nitrogen and oxygen atoms in total. The van der Waals surface area contributed by atoms with Gasteiger partial charge in [0.2, 0.25) is 5.43 Å². The number of esters is 1. The zero-order valence-electron chi connectivity index (χ0n) is 19.3. The van der Waals surface area contributed by atoms with Gasteiger partial charge in [0.25, 0.3) is 0 Å². The molecule has 0 saturated carbocycles. The number of pyridine rings is 1. The van der Waals surface area contributed by atoms with Crippen molar-refractivity contribution in [1.29, 1.82) is 0 Å². The van der Waals surface area contributed by atoms with E-state index in [9.17, 15) is 23.5 Å². The predicted molar refractivity (Wildman–Crippen MR) is 123 cm³/mol. The van der Waals surface area contributed by atoms with Crippen molar-refractivity contribution in [2.24, 2.45) is 0 Å². The molecule has 3 aromatic rings. The van der Waals surface area contributed by atoms with E-state index in [1.54, 1.807) is 11.8 Å². The smallest absolute Gasteiger partial charge is 0.343 e. The first-order valence-corrected chi connectivity index (χ1v) is 11.4. The Morgan fingerprint density at radius 1 is 1.19 bits per heavy atom. The maximum atomic E-state index is 15.4. The summed E-state index contributed by atoms with van der Waals surface area (Å²) in [5, 5.41) is 9.18. The van der Waals surface area contributed by atoms with Crippen molar-refractivity contribution in [3.8, 4) is 5.69 Å². The van der Waals surface area contributed by atoms with E-state index in [1.165, 1.54) is 10.6 Å². The number of carbonyl (C=O) groups excluding carboxylic acids is 1. The van der Waals surface area contributed by atoms with Gasteiger partial charge < -0.3 is 28.8 Å². The van der Waals surface area contributed by atoms with Crippen molar-refractivity contribution in [3.05, 3.63) is 69.8 Å². The van der Waals surface area contributed by atoms with Crippen LogP contribution in [0.2, 0.25) is 0 Å². The van der Waals surface area contributed by atoms with Crippen LogP contribution in [-0.4, -0.2) is 60.4 Å². The van der Waals surface area contributed by atoms with Crippen LogP contribution in [0.15, 0.2) is 41.3 Å². The monoisotopic (exact) mass is 504 g/mol. The van der Waals surface area contributed by atoms with Gasteiger partial charge in [0.15, 0.2) is 5.79 Å². The van der Waals surface area contributed by atoms with E-state index in [0.717, 1.165) is 24.4 Å². The van der Waals surface area contributed by atoms with Gasteiger partial charge in [-0.25, -0.2) is 18.0 Å². The maximum absolute atomic E-state index is 15.4. The van der Waals surface area contributed by atoms with Crippen molar-refractivity contribution in [1.82, 2.24) is 4.57 Å². The molecule has 0 aliphatic carbocycles. The Kier molecular flexibility index (Phi) is 6.23. The van der Waals surface area contributed by atoms with Crippen molar-refractivity contribution >= 4 is 22.6 Å². The summed E-state index contributed by atoms with van der Waals surface area (Å²) in [6.07, 6.45) is 1.06. The number of aliphatic hydroxyl groups is 1. The quantitative estimate of drug-likeness (QED) is 0.535. The summed E-state index contributed by atoms with van der Waals surface area (Å²) in [5.74, 6) is -4.42. The fraction of sp³-hybridized carbons (Fsp3) is 0.360. The second-order valence-electron chi connectivity index (χ2n) is 8.69. The van der Waals surface area contributed by atoms with Gasteiger partial charge in [-0.3, -0.25) is 4.79 Å². The lowest BCUT2D eigenvalue weighted by atomic mass is 10.1. The highest BCUT2D eigenvalue weighted by molar-refractivity contribution is 5.95. The standard InChI is InChI=1S/C25H23F3N2O6/c1-2-34-24(33)17-10-30(20-4-3-14(26)7-18(20)27)21-9-22(19(28)8-16(21)23(17)32)29-6-5-25(13-29)35-12-15(11-31)36-25/h3-4,7-10,15,31H,2,5-6,11-13H2,1H3. The molecule has 2 aliphatic heterocycles. The summed E-state index contributed by atoms with van der Waals surface area (Å²) in [7, 11) is 0. The Balaban J connectivity index is 1.66. The molecule has 11 heteroatoms. The van der Waals surface area contributed by atoms with Crippen LogP contribution >= 0.6 is 0 Å². The van der Waals surface area contributed by atoms with Crippen LogP contribution in [0, 0.1) is 17.5 Å². The third kappa shape index (κ3) is 4.12. The molecule has 1 aromatic heterocycles. The normalized spacial score (nSPS) is 21.6. The largest absolute Gasteiger partial charge is 0.462 e. The van der Waals surface area contributed by atoms with Crippen molar-refractivity contribution in [3.63, 3.8) is 0 Å². The molecule has 1 N–H and O–H groups in total. The van der Waals surface area contributed by atoms with Gasteiger partial charge in [-0.15, -0.1) is 0 Å². The minimum atomic E-state index is -0.995. The number of benzene rings is 2. The Labute approximate surface area is 203 Å². The van der Waals surface area contributed by atoms with Gasteiger partial charge in [-0.05, 0) is 31.2 Å². The number of hydrogen-bond donors (Lipinski definition) is 1. The predicted octanol–water partition coefficient (Wildman–Crippen LogP) is 2.90. The van der Waals surface area contributed by atoms with Gasteiger partial charge in [-0.1, -0.05) is 0 Å². The maximum Gasteiger partial charge on any atom is 0.343 e. The van der Waals surface area contributed by atoms with Gasteiger partial charge in [0, 0.05) is 30.6 Å². The molecule has 0 amide bonds. The van der Waals surface area contributed by atoms with E-state index in [-0.39, 0.29) is 48.6 Å². The summed E-state index contributed by atoms with van der Waals surface area (Å²) in [6.45, 7) is 2.09. The van der Waals surface area contributed by atoms with Gasteiger partial charge >= 0.3 is 5.97 Å². The molecule has 1 spiro atoms. The second-order valence-corrected chi connectivity index (χ2v) is 8.69. The first-order valence-electron chi connectivity index (χ1n) is 11.4. The number of aliphatic hydroxyl groups excluding tert-OH is 1. The minimum absolute atomic E-state index is 0.00743.